The summed E-state index contributed by atoms with van der Waals surface area (Å²) in [6, 6.07) is 1.60. The molecule has 0 spiro atoms. The van der Waals surface area contributed by atoms with E-state index >= 15 is 0 Å². The van der Waals surface area contributed by atoms with Crippen molar-refractivity contribution in [2.45, 2.75) is 72.4 Å². The molecule has 0 aromatic carbocycles. The lowest BCUT2D eigenvalue weighted by molar-refractivity contribution is 0.0446. The van der Waals surface area contributed by atoms with E-state index in [1.54, 1.807) is 0 Å². The van der Waals surface area contributed by atoms with Gasteiger partial charge in [0.15, 0.2) is 0 Å². The zero-order valence-corrected chi connectivity index (χ0v) is 13.8. The van der Waals surface area contributed by atoms with Crippen LogP contribution in [-0.4, -0.2) is 48.1 Å². The Hall–Kier alpha value is -0.0800. The Bertz CT molecular complexity index is 263. The fourth-order valence-electron chi connectivity index (χ4n) is 3.93. The van der Waals surface area contributed by atoms with Gasteiger partial charge in [-0.1, -0.05) is 20.8 Å². The lowest BCUT2D eigenvalue weighted by atomic mass is 9.71. The van der Waals surface area contributed by atoms with Crippen molar-refractivity contribution >= 4 is 0 Å². The van der Waals surface area contributed by atoms with Gasteiger partial charge in [0.2, 0.25) is 0 Å². The predicted molar refractivity (Wildman–Crippen MR) is 83.5 cm³/mol. The zero-order valence-electron chi connectivity index (χ0n) is 13.8. The highest BCUT2D eigenvalue weighted by Gasteiger charge is 2.33. The average molecular weight is 266 g/mol. The van der Waals surface area contributed by atoms with E-state index in [1.165, 1.54) is 51.9 Å². The molecule has 0 aromatic rings. The highest BCUT2D eigenvalue weighted by atomic mass is 15.3. The second-order valence-corrected chi connectivity index (χ2v) is 8.04. The van der Waals surface area contributed by atoms with Gasteiger partial charge in [-0.3, -0.25) is 9.80 Å². The van der Waals surface area contributed by atoms with Crippen molar-refractivity contribution in [1.29, 1.82) is 0 Å². The second kappa shape index (κ2) is 6.13. The van der Waals surface area contributed by atoms with Crippen LogP contribution in [0.3, 0.4) is 0 Å². The van der Waals surface area contributed by atoms with Crippen LogP contribution in [0, 0.1) is 11.3 Å². The number of rotatable bonds is 2. The minimum Gasteiger partial charge on any atom is -0.298 e. The van der Waals surface area contributed by atoms with Crippen LogP contribution in [0.1, 0.15) is 60.3 Å². The molecule has 1 saturated carbocycles. The summed E-state index contributed by atoms with van der Waals surface area (Å²) in [5.74, 6) is 0.945. The van der Waals surface area contributed by atoms with Gasteiger partial charge in [0, 0.05) is 38.3 Å². The molecule has 0 radical (unpaired) electrons. The Balaban J connectivity index is 1.77. The van der Waals surface area contributed by atoms with Crippen molar-refractivity contribution in [2.24, 2.45) is 11.3 Å². The van der Waals surface area contributed by atoms with Gasteiger partial charge < -0.3 is 0 Å². The third-order valence-corrected chi connectivity index (χ3v) is 5.52. The maximum Gasteiger partial charge on any atom is 0.0113 e. The molecule has 1 heterocycles. The Morgan fingerprint density at radius 1 is 0.842 bits per heavy atom. The van der Waals surface area contributed by atoms with Crippen molar-refractivity contribution in [3.8, 4) is 0 Å². The van der Waals surface area contributed by atoms with Gasteiger partial charge >= 0.3 is 0 Å². The molecule has 0 bridgehead atoms. The summed E-state index contributed by atoms with van der Waals surface area (Å²) in [4.78, 5) is 5.40. The molecule has 2 fully saturated rings. The third-order valence-electron chi connectivity index (χ3n) is 5.52. The fraction of sp³-hybridized carbons (Fsp3) is 1.00. The zero-order chi connectivity index (χ0) is 14.0. The van der Waals surface area contributed by atoms with E-state index in [0.717, 1.165) is 18.0 Å². The van der Waals surface area contributed by atoms with Crippen LogP contribution < -0.4 is 0 Å². The number of piperazine rings is 1. The molecule has 1 aliphatic heterocycles. The van der Waals surface area contributed by atoms with Crippen LogP contribution in [0.15, 0.2) is 0 Å². The standard InChI is InChI=1S/C17H34N2/c1-14(2)18-10-12-19(13-11-18)16-8-6-15(7-9-16)17(3,4)5/h14-16H,6-13H2,1-5H3/t15-,16-. The molecule has 0 unspecified atom stereocenters. The molecule has 2 nitrogen and oxygen atoms in total. The van der Waals surface area contributed by atoms with Gasteiger partial charge in [-0.15, -0.1) is 0 Å². The largest absolute Gasteiger partial charge is 0.298 e. The van der Waals surface area contributed by atoms with Crippen LogP contribution in [0.2, 0.25) is 0 Å². The van der Waals surface area contributed by atoms with E-state index in [4.69, 9.17) is 0 Å². The smallest absolute Gasteiger partial charge is 0.0113 e. The van der Waals surface area contributed by atoms with Gasteiger partial charge in [-0.05, 0) is 50.9 Å². The molecule has 0 amide bonds. The highest BCUT2D eigenvalue weighted by Crippen LogP contribution is 2.39. The first-order valence-electron chi connectivity index (χ1n) is 8.36. The quantitative estimate of drug-likeness (QED) is 0.753. The van der Waals surface area contributed by atoms with E-state index in [9.17, 15) is 0 Å². The monoisotopic (exact) mass is 266 g/mol. The summed E-state index contributed by atoms with van der Waals surface area (Å²) in [6.45, 7) is 17.0. The van der Waals surface area contributed by atoms with E-state index < -0.39 is 0 Å². The van der Waals surface area contributed by atoms with Crippen molar-refractivity contribution in [2.75, 3.05) is 26.2 Å². The summed E-state index contributed by atoms with van der Waals surface area (Å²) >= 11 is 0. The van der Waals surface area contributed by atoms with Crippen LogP contribution in [0.5, 0.6) is 0 Å². The van der Waals surface area contributed by atoms with E-state index in [0.29, 0.717) is 5.41 Å². The van der Waals surface area contributed by atoms with Crippen molar-refractivity contribution in [3.63, 3.8) is 0 Å². The Kier molecular flexibility index (Phi) is 4.94. The van der Waals surface area contributed by atoms with Crippen molar-refractivity contribution in [3.05, 3.63) is 0 Å². The molecule has 112 valence electrons. The molecular formula is C17H34N2. The average Bonchev–Trinajstić information content (AvgIpc) is 2.38. The summed E-state index contributed by atoms with van der Waals surface area (Å²) in [6.07, 6.45) is 5.75. The van der Waals surface area contributed by atoms with Gasteiger partial charge in [0.25, 0.3) is 0 Å². The number of hydrogen-bond donors (Lipinski definition) is 0. The second-order valence-electron chi connectivity index (χ2n) is 8.04. The topological polar surface area (TPSA) is 6.48 Å². The van der Waals surface area contributed by atoms with Crippen LogP contribution in [-0.2, 0) is 0 Å². The Morgan fingerprint density at radius 3 is 1.79 bits per heavy atom. The number of nitrogens with zero attached hydrogens (tertiary/aromatic N) is 2. The van der Waals surface area contributed by atoms with Gasteiger partial charge in [-0.2, -0.15) is 0 Å². The SMILES string of the molecule is CC(C)N1CCN([C@H]2CC[C@H](C(C)(C)C)CC2)CC1. The number of hydrogen-bond acceptors (Lipinski definition) is 2. The highest BCUT2D eigenvalue weighted by molar-refractivity contribution is 4.87. The molecule has 0 atom stereocenters. The molecule has 1 aliphatic carbocycles. The molecule has 0 aromatic heterocycles. The predicted octanol–water partition coefficient (Wildman–Crippen LogP) is 3.62. The molecule has 0 N–H and O–H groups in total. The normalized spacial score (nSPS) is 31.9. The molecular weight excluding hydrogens is 232 g/mol. The molecule has 1 saturated heterocycles. The maximum absolute atomic E-state index is 2.78. The first-order valence-corrected chi connectivity index (χ1v) is 8.36. The lowest BCUT2D eigenvalue weighted by Gasteiger charge is -2.45. The summed E-state index contributed by atoms with van der Waals surface area (Å²) in [7, 11) is 0. The van der Waals surface area contributed by atoms with E-state index in [1.807, 2.05) is 0 Å². The maximum atomic E-state index is 2.78. The summed E-state index contributed by atoms with van der Waals surface area (Å²) in [5.41, 5.74) is 0.515. The van der Waals surface area contributed by atoms with Crippen LogP contribution in [0.25, 0.3) is 0 Å². The van der Waals surface area contributed by atoms with Crippen LogP contribution in [0.4, 0.5) is 0 Å². The van der Waals surface area contributed by atoms with E-state index in [2.05, 4.69) is 44.4 Å². The molecule has 2 heteroatoms. The van der Waals surface area contributed by atoms with Crippen LogP contribution >= 0.6 is 0 Å². The summed E-state index contributed by atoms with van der Waals surface area (Å²) < 4.78 is 0. The van der Waals surface area contributed by atoms with Crippen molar-refractivity contribution in [1.82, 2.24) is 9.80 Å². The van der Waals surface area contributed by atoms with Gasteiger partial charge in [0.1, 0.15) is 0 Å². The minimum atomic E-state index is 0.515. The first-order chi connectivity index (χ1) is 8.88. The first kappa shape index (κ1) is 15.3. The molecule has 2 aliphatic rings. The lowest BCUT2D eigenvalue weighted by Crippen LogP contribution is -2.52. The van der Waals surface area contributed by atoms with Gasteiger partial charge in [0.05, 0.1) is 0 Å². The molecule has 19 heavy (non-hydrogen) atoms. The van der Waals surface area contributed by atoms with Gasteiger partial charge in [-0.25, -0.2) is 0 Å². The third kappa shape index (κ3) is 3.95. The Morgan fingerprint density at radius 2 is 1.37 bits per heavy atom. The Labute approximate surface area is 120 Å². The van der Waals surface area contributed by atoms with E-state index in [-0.39, 0.29) is 0 Å². The van der Waals surface area contributed by atoms with Crippen molar-refractivity contribution < 1.29 is 0 Å². The molecule has 2 rings (SSSR count). The minimum absolute atomic E-state index is 0.515. The fourth-order valence-corrected chi connectivity index (χ4v) is 3.93. The summed E-state index contributed by atoms with van der Waals surface area (Å²) in [5, 5.41) is 0.